The molecule has 1 aromatic carbocycles. The van der Waals surface area contributed by atoms with E-state index < -0.39 is 0 Å². The Morgan fingerprint density at radius 3 is 2.87 bits per heavy atom. The molecule has 0 unspecified atom stereocenters. The van der Waals surface area contributed by atoms with Crippen molar-refractivity contribution in [3.05, 3.63) is 36.4 Å². The van der Waals surface area contributed by atoms with Crippen LogP contribution in [0.25, 0.3) is 0 Å². The van der Waals surface area contributed by atoms with Gasteiger partial charge in [0, 0.05) is 11.9 Å². The molecule has 0 radical (unpaired) electrons. The van der Waals surface area contributed by atoms with Gasteiger partial charge < -0.3 is 5.11 Å². The minimum absolute atomic E-state index is 0.310. The quantitative estimate of drug-likeness (QED) is 0.803. The summed E-state index contributed by atoms with van der Waals surface area (Å²) in [4.78, 5) is 4.97. The number of thioether (sulfide) groups is 1. The molecule has 2 aromatic rings. The molecule has 15 heavy (non-hydrogen) atoms. The largest absolute Gasteiger partial charge is 0.507 e. The molecule has 5 heteroatoms. The number of hydrogen-bond acceptors (Lipinski definition) is 4. The average Bonchev–Trinajstić information content (AvgIpc) is 2.63. The number of aryl methyl sites for hydroxylation is 1. The summed E-state index contributed by atoms with van der Waals surface area (Å²) in [7, 11) is 1.85. The van der Waals surface area contributed by atoms with E-state index in [-0.39, 0.29) is 0 Å². The highest BCUT2D eigenvalue weighted by molar-refractivity contribution is 7.98. The van der Waals surface area contributed by atoms with Crippen LogP contribution in [-0.4, -0.2) is 19.9 Å². The van der Waals surface area contributed by atoms with Gasteiger partial charge in [-0.15, -0.1) is 11.8 Å². The third-order valence-corrected chi connectivity index (χ3v) is 3.09. The van der Waals surface area contributed by atoms with Crippen LogP contribution >= 0.6 is 11.8 Å². The van der Waals surface area contributed by atoms with Crippen molar-refractivity contribution in [1.82, 2.24) is 14.8 Å². The summed E-state index contributed by atoms with van der Waals surface area (Å²) in [5, 5.41) is 13.5. The molecular formula is C10H11N3OS. The molecule has 0 spiro atoms. The number of aromatic nitrogens is 3. The lowest BCUT2D eigenvalue weighted by molar-refractivity contribution is 0.462. The molecule has 0 aliphatic carbocycles. The van der Waals surface area contributed by atoms with Crippen LogP contribution in [0.4, 0.5) is 0 Å². The molecule has 0 aliphatic heterocycles. The summed E-state index contributed by atoms with van der Waals surface area (Å²) in [6.07, 6.45) is 1.53. The van der Waals surface area contributed by atoms with Gasteiger partial charge in [0.25, 0.3) is 0 Å². The minimum Gasteiger partial charge on any atom is -0.507 e. The molecule has 0 aliphatic rings. The van der Waals surface area contributed by atoms with E-state index >= 15 is 0 Å². The van der Waals surface area contributed by atoms with Crippen LogP contribution in [0.5, 0.6) is 5.75 Å². The number of benzene rings is 1. The van der Waals surface area contributed by atoms with Gasteiger partial charge in [-0.05, 0) is 12.1 Å². The number of para-hydroxylation sites is 1. The van der Waals surface area contributed by atoms with Crippen molar-refractivity contribution in [2.75, 3.05) is 0 Å². The van der Waals surface area contributed by atoms with Crippen molar-refractivity contribution >= 4 is 11.8 Å². The molecule has 1 heterocycles. The Hall–Kier alpha value is -1.49. The number of hydrogen-bond donors (Lipinski definition) is 1. The summed E-state index contributed by atoms with van der Waals surface area (Å²) < 4.78 is 1.73. The van der Waals surface area contributed by atoms with Crippen LogP contribution in [-0.2, 0) is 12.8 Å². The van der Waals surface area contributed by atoms with Crippen molar-refractivity contribution in [3.8, 4) is 5.75 Å². The first-order valence-corrected chi connectivity index (χ1v) is 5.49. The second-order valence-electron chi connectivity index (χ2n) is 3.06. The first-order chi connectivity index (χ1) is 7.27. The lowest BCUT2D eigenvalue weighted by Gasteiger charge is -2.03. The second kappa shape index (κ2) is 4.35. The number of aromatic hydroxyl groups is 1. The molecule has 0 bridgehead atoms. The first-order valence-electron chi connectivity index (χ1n) is 4.51. The van der Waals surface area contributed by atoms with Crippen LogP contribution < -0.4 is 0 Å². The minimum atomic E-state index is 0.310. The van der Waals surface area contributed by atoms with E-state index in [0.717, 1.165) is 10.7 Å². The molecule has 1 N–H and O–H groups in total. The third-order valence-electron chi connectivity index (χ3n) is 2.03. The van der Waals surface area contributed by atoms with Crippen LogP contribution in [0.2, 0.25) is 0 Å². The Morgan fingerprint density at radius 1 is 1.40 bits per heavy atom. The number of phenols is 1. The zero-order chi connectivity index (χ0) is 10.7. The molecule has 0 saturated heterocycles. The molecule has 1 aromatic heterocycles. The van der Waals surface area contributed by atoms with Gasteiger partial charge >= 0.3 is 0 Å². The van der Waals surface area contributed by atoms with Gasteiger partial charge in [0.1, 0.15) is 17.9 Å². The Balaban J connectivity index is 2.06. The van der Waals surface area contributed by atoms with Crippen LogP contribution in [0, 0.1) is 0 Å². The monoisotopic (exact) mass is 221 g/mol. The lowest BCUT2D eigenvalue weighted by Crippen LogP contribution is -1.97. The number of rotatable bonds is 3. The summed E-state index contributed by atoms with van der Waals surface area (Å²) in [5.74, 6) is 1.90. The van der Waals surface area contributed by atoms with Gasteiger partial charge in [-0.3, -0.25) is 4.68 Å². The fourth-order valence-corrected chi connectivity index (χ4v) is 2.11. The van der Waals surface area contributed by atoms with E-state index in [1.807, 2.05) is 25.2 Å². The Kier molecular flexibility index (Phi) is 2.91. The summed E-state index contributed by atoms with van der Waals surface area (Å²) in [5.41, 5.74) is 0. The summed E-state index contributed by atoms with van der Waals surface area (Å²) in [6, 6.07) is 7.27. The smallest absolute Gasteiger partial charge is 0.138 e. The van der Waals surface area contributed by atoms with Crippen molar-refractivity contribution in [3.63, 3.8) is 0 Å². The molecule has 0 atom stereocenters. The highest BCUT2D eigenvalue weighted by Gasteiger charge is 2.04. The highest BCUT2D eigenvalue weighted by atomic mass is 32.2. The van der Waals surface area contributed by atoms with Gasteiger partial charge in [0.2, 0.25) is 0 Å². The SMILES string of the molecule is Cn1ncnc1CSc1ccccc1O. The van der Waals surface area contributed by atoms with Gasteiger partial charge in [-0.2, -0.15) is 5.10 Å². The third kappa shape index (κ3) is 2.30. The molecular weight excluding hydrogens is 210 g/mol. The maximum absolute atomic E-state index is 9.54. The Labute approximate surface area is 92.0 Å². The van der Waals surface area contributed by atoms with Crippen molar-refractivity contribution in [1.29, 1.82) is 0 Å². The maximum Gasteiger partial charge on any atom is 0.138 e. The fourth-order valence-electron chi connectivity index (χ4n) is 1.17. The molecule has 0 saturated carbocycles. The normalized spacial score (nSPS) is 10.5. The van der Waals surface area contributed by atoms with E-state index in [2.05, 4.69) is 10.1 Å². The number of phenolic OH excluding ortho intramolecular Hbond substituents is 1. The molecule has 0 fully saturated rings. The van der Waals surface area contributed by atoms with Gasteiger partial charge in [-0.25, -0.2) is 4.98 Å². The van der Waals surface area contributed by atoms with Crippen LogP contribution in [0.15, 0.2) is 35.5 Å². The second-order valence-corrected chi connectivity index (χ2v) is 4.07. The molecule has 78 valence electrons. The summed E-state index contributed by atoms with van der Waals surface area (Å²) in [6.45, 7) is 0. The predicted octanol–water partition coefficient (Wildman–Crippen LogP) is 1.81. The zero-order valence-electron chi connectivity index (χ0n) is 8.29. The standard InChI is InChI=1S/C10H11N3OS/c1-13-10(11-7-12-13)6-15-9-5-3-2-4-8(9)14/h2-5,7,14H,6H2,1H3. The van der Waals surface area contributed by atoms with E-state index in [0.29, 0.717) is 11.5 Å². The van der Waals surface area contributed by atoms with Crippen molar-refractivity contribution in [2.24, 2.45) is 7.05 Å². The van der Waals surface area contributed by atoms with E-state index in [4.69, 9.17) is 0 Å². The topological polar surface area (TPSA) is 50.9 Å². The molecule has 4 nitrogen and oxygen atoms in total. The van der Waals surface area contributed by atoms with Gasteiger partial charge in [0.15, 0.2) is 0 Å². The van der Waals surface area contributed by atoms with Crippen molar-refractivity contribution in [2.45, 2.75) is 10.6 Å². The highest BCUT2D eigenvalue weighted by Crippen LogP contribution is 2.29. The van der Waals surface area contributed by atoms with E-state index in [9.17, 15) is 5.11 Å². The zero-order valence-corrected chi connectivity index (χ0v) is 9.11. The van der Waals surface area contributed by atoms with Crippen LogP contribution in [0.3, 0.4) is 0 Å². The first kappa shape index (κ1) is 10.0. The van der Waals surface area contributed by atoms with Gasteiger partial charge in [-0.1, -0.05) is 12.1 Å². The van der Waals surface area contributed by atoms with E-state index in [1.165, 1.54) is 6.33 Å². The van der Waals surface area contributed by atoms with Crippen LogP contribution in [0.1, 0.15) is 5.82 Å². The van der Waals surface area contributed by atoms with E-state index in [1.54, 1.807) is 22.5 Å². The fraction of sp³-hybridized carbons (Fsp3) is 0.200. The van der Waals surface area contributed by atoms with Gasteiger partial charge in [0.05, 0.1) is 5.75 Å². The number of nitrogens with zero attached hydrogens (tertiary/aromatic N) is 3. The molecule has 2 rings (SSSR count). The predicted molar refractivity (Wildman–Crippen MR) is 58.7 cm³/mol. The molecule has 0 amide bonds. The Morgan fingerprint density at radius 2 is 2.20 bits per heavy atom. The lowest BCUT2D eigenvalue weighted by atomic mass is 10.3. The summed E-state index contributed by atoms with van der Waals surface area (Å²) >= 11 is 1.55. The maximum atomic E-state index is 9.54. The average molecular weight is 221 g/mol. The van der Waals surface area contributed by atoms with Crippen molar-refractivity contribution < 1.29 is 5.11 Å². The Bertz CT molecular complexity index is 455.